The molecule has 0 bridgehead atoms. The molecule has 0 amide bonds. The molecule has 0 spiro atoms. The minimum atomic E-state index is -0.280. The second kappa shape index (κ2) is 6.64. The molecule has 1 aromatic rings. The van der Waals surface area contributed by atoms with Crippen molar-refractivity contribution in [1.82, 2.24) is 10.2 Å². The monoisotopic (exact) mass is 312 g/mol. The van der Waals surface area contributed by atoms with Gasteiger partial charge >= 0.3 is 0 Å². The van der Waals surface area contributed by atoms with E-state index >= 15 is 0 Å². The Kier molecular flexibility index (Phi) is 5.29. The molecular formula is C17H26ClFN2. The molecule has 0 radical (unpaired) electrons. The molecule has 1 fully saturated rings. The molecular weight excluding hydrogens is 287 g/mol. The molecule has 2 atom stereocenters. The van der Waals surface area contributed by atoms with Gasteiger partial charge in [0.2, 0.25) is 0 Å². The summed E-state index contributed by atoms with van der Waals surface area (Å²) in [6.45, 7) is 11.4. The predicted molar refractivity (Wildman–Crippen MR) is 87.1 cm³/mol. The quantitative estimate of drug-likeness (QED) is 0.901. The first-order valence-corrected chi connectivity index (χ1v) is 8.16. The summed E-state index contributed by atoms with van der Waals surface area (Å²) in [6.07, 6.45) is 1.03. The summed E-state index contributed by atoms with van der Waals surface area (Å²) in [4.78, 5) is 2.41. The Morgan fingerprint density at radius 2 is 2.19 bits per heavy atom. The van der Waals surface area contributed by atoms with Gasteiger partial charge in [-0.2, -0.15) is 0 Å². The first-order valence-electron chi connectivity index (χ1n) is 7.78. The van der Waals surface area contributed by atoms with E-state index in [0.29, 0.717) is 24.1 Å². The van der Waals surface area contributed by atoms with E-state index in [1.165, 1.54) is 0 Å². The lowest BCUT2D eigenvalue weighted by Crippen LogP contribution is -2.63. The third kappa shape index (κ3) is 3.58. The number of rotatable bonds is 4. The molecule has 2 nitrogen and oxygen atoms in total. The van der Waals surface area contributed by atoms with Crippen LogP contribution in [0.4, 0.5) is 4.39 Å². The van der Waals surface area contributed by atoms with Gasteiger partial charge < -0.3 is 5.32 Å². The first-order chi connectivity index (χ1) is 9.87. The van der Waals surface area contributed by atoms with Crippen LogP contribution in [0.15, 0.2) is 18.2 Å². The minimum Gasteiger partial charge on any atom is -0.311 e. The van der Waals surface area contributed by atoms with E-state index in [0.717, 1.165) is 19.5 Å². The van der Waals surface area contributed by atoms with Crippen LogP contribution < -0.4 is 5.32 Å². The largest absolute Gasteiger partial charge is 0.311 e. The average molecular weight is 313 g/mol. The highest BCUT2D eigenvalue weighted by Crippen LogP contribution is 2.28. The Balaban J connectivity index is 2.22. The molecule has 0 aromatic heterocycles. The first kappa shape index (κ1) is 16.7. The van der Waals surface area contributed by atoms with Crippen molar-refractivity contribution in [3.05, 3.63) is 34.6 Å². The zero-order valence-electron chi connectivity index (χ0n) is 13.4. The van der Waals surface area contributed by atoms with Crippen molar-refractivity contribution < 1.29 is 4.39 Å². The third-order valence-electron chi connectivity index (χ3n) is 4.88. The number of benzene rings is 1. The SMILES string of the molecule is CCC1(C)CNC(C(C)C)CN1Cc1cccc(Cl)c1F. The smallest absolute Gasteiger partial charge is 0.146 e. The van der Waals surface area contributed by atoms with Gasteiger partial charge in [0.15, 0.2) is 0 Å². The molecule has 1 aromatic carbocycles. The fraction of sp³-hybridized carbons (Fsp3) is 0.647. The second-order valence-electron chi connectivity index (χ2n) is 6.68. The van der Waals surface area contributed by atoms with Gasteiger partial charge in [-0.3, -0.25) is 4.90 Å². The van der Waals surface area contributed by atoms with E-state index in [9.17, 15) is 4.39 Å². The van der Waals surface area contributed by atoms with Crippen LogP contribution >= 0.6 is 11.6 Å². The van der Waals surface area contributed by atoms with E-state index in [4.69, 9.17) is 11.6 Å². The summed E-state index contributed by atoms with van der Waals surface area (Å²) in [5.41, 5.74) is 0.742. The van der Waals surface area contributed by atoms with Crippen LogP contribution in [-0.4, -0.2) is 29.6 Å². The van der Waals surface area contributed by atoms with Crippen LogP contribution in [0, 0.1) is 11.7 Å². The number of nitrogens with zero attached hydrogens (tertiary/aromatic N) is 1. The van der Waals surface area contributed by atoms with Gasteiger partial charge in [0, 0.05) is 36.8 Å². The van der Waals surface area contributed by atoms with Crippen molar-refractivity contribution in [2.45, 2.75) is 52.2 Å². The van der Waals surface area contributed by atoms with Gasteiger partial charge in [0.05, 0.1) is 5.02 Å². The van der Waals surface area contributed by atoms with Crippen LogP contribution in [0.3, 0.4) is 0 Å². The zero-order chi connectivity index (χ0) is 15.6. The van der Waals surface area contributed by atoms with Crippen molar-refractivity contribution in [2.75, 3.05) is 13.1 Å². The number of piperazine rings is 1. The number of nitrogens with one attached hydrogen (secondary N) is 1. The molecule has 1 N–H and O–H groups in total. The molecule has 2 unspecified atom stereocenters. The molecule has 1 aliphatic heterocycles. The van der Waals surface area contributed by atoms with Crippen molar-refractivity contribution in [1.29, 1.82) is 0 Å². The lowest BCUT2D eigenvalue weighted by atomic mass is 9.89. The van der Waals surface area contributed by atoms with Crippen LogP contribution in [-0.2, 0) is 6.54 Å². The normalized spacial score (nSPS) is 27.3. The number of hydrogen-bond donors (Lipinski definition) is 1. The molecule has 1 aliphatic rings. The van der Waals surface area contributed by atoms with Gasteiger partial charge in [-0.15, -0.1) is 0 Å². The summed E-state index contributed by atoms with van der Waals surface area (Å²) < 4.78 is 14.2. The highest BCUT2D eigenvalue weighted by molar-refractivity contribution is 6.30. The molecule has 0 aliphatic carbocycles. The highest BCUT2D eigenvalue weighted by Gasteiger charge is 2.37. The van der Waals surface area contributed by atoms with Crippen LogP contribution in [0.25, 0.3) is 0 Å². The maximum atomic E-state index is 14.2. The van der Waals surface area contributed by atoms with Crippen molar-refractivity contribution in [3.63, 3.8) is 0 Å². The number of halogens is 2. The van der Waals surface area contributed by atoms with E-state index in [1.54, 1.807) is 6.07 Å². The van der Waals surface area contributed by atoms with Gasteiger partial charge in [-0.05, 0) is 25.3 Å². The lowest BCUT2D eigenvalue weighted by Gasteiger charge is -2.49. The molecule has 1 saturated heterocycles. The van der Waals surface area contributed by atoms with Crippen molar-refractivity contribution in [3.8, 4) is 0 Å². The molecule has 0 saturated carbocycles. The summed E-state index contributed by atoms with van der Waals surface area (Å²) in [6, 6.07) is 5.72. The van der Waals surface area contributed by atoms with Crippen LogP contribution in [0.5, 0.6) is 0 Å². The fourth-order valence-electron chi connectivity index (χ4n) is 2.91. The van der Waals surface area contributed by atoms with E-state index in [1.807, 2.05) is 12.1 Å². The molecule has 21 heavy (non-hydrogen) atoms. The Bertz CT molecular complexity index is 492. The summed E-state index contributed by atoms with van der Waals surface area (Å²) in [7, 11) is 0. The predicted octanol–water partition coefficient (Wildman–Crippen LogP) is 4.08. The Labute approximate surface area is 132 Å². The average Bonchev–Trinajstić information content (AvgIpc) is 2.45. The van der Waals surface area contributed by atoms with Crippen molar-refractivity contribution >= 4 is 11.6 Å². The van der Waals surface area contributed by atoms with Crippen LogP contribution in [0.2, 0.25) is 5.02 Å². The van der Waals surface area contributed by atoms with Gasteiger partial charge in [-0.1, -0.05) is 44.5 Å². The maximum Gasteiger partial charge on any atom is 0.146 e. The molecule has 4 heteroatoms. The Hall–Kier alpha value is -0.640. The Morgan fingerprint density at radius 3 is 2.81 bits per heavy atom. The van der Waals surface area contributed by atoms with E-state index in [2.05, 4.69) is 37.9 Å². The second-order valence-corrected chi connectivity index (χ2v) is 7.08. The standard InChI is InChI=1S/C17H26ClFN2/c1-5-17(4)11-20-15(12(2)3)10-21(17)9-13-7-6-8-14(18)16(13)19/h6-8,12,15,20H,5,9-11H2,1-4H3. The molecule has 2 rings (SSSR count). The van der Waals surface area contributed by atoms with Crippen molar-refractivity contribution in [2.24, 2.45) is 5.92 Å². The molecule has 118 valence electrons. The zero-order valence-corrected chi connectivity index (χ0v) is 14.2. The van der Waals surface area contributed by atoms with Gasteiger partial charge in [-0.25, -0.2) is 4.39 Å². The highest BCUT2D eigenvalue weighted by atomic mass is 35.5. The van der Waals surface area contributed by atoms with Gasteiger partial charge in [0.25, 0.3) is 0 Å². The van der Waals surface area contributed by atoms with Crippen LogP contribution in [0.1, 0.15) is 39.7 Å². The topological polar surface area (TPSA) is 15.3 Å². The fourth-order valence-corrected chi connectivity index (χ4v) is 3.11. The summed E-state index contributed by atoms with van der Waals surface area (Å²) in [5, 5.41) is 3.85. The summed E-state index contributed by atoms with van der Waals surface area (Å²) >= 11 is 5.91. The molecule has 1 heterocycles. The van der Waals surface area contributed by atoms with Gasteiger partial charge in [0.1, 0.15) is 5.82 Å². The third-order valence-corrected chi connectivity index (χ3v) is 5.18. The van der Waals surface area contributed by atoms with E-state index < -0.39 is 0 Å². The lowest BCUT2D eigenvalue weighted by molar-refractivity contribution is 0.0308. The van der Waals surface area contributed by atoms with E-state index in [-0.39, 0.29) is 16.4 Å². The summed E-state index contributed by atoms with van der Waals surface area (Å²) in [5.74, 6) is 0.287. The Morgan fingerprint density at radius 1 is 1.48 bits per heavy atom. The minimum absolute atomic E-state index is 0.0557. The number of hydrogen-bond acceptors (Lipinski definition) is 2. The maximum absolute atomic E-state index is 14.2.